The topological polar surface area (TPSA) is 37.4 Å². The summed E-state index contributed by atoms with van der Waals surface area (Å²) in [5.41, 5.74) is 0. The summed E-state index contributed by atoms with van der Waals surface area (Å²) < 4.78 is 27.0. The summed E-state index contributed by atoms with van der Waals surface area (Å²) in [7, 11) is -3.48. The van der Waals surface area contributed by atoms with E-state index < -0.39 is 10.0 Å². The summed E-state index contributed by atoms with van der Waals surface area (Å²) in [5.74, 6) is 0. The molecule has 1 unspecified atom stereocenters. The molecule has 0 aromatic heterocycles. The van der Waals surface area contributed by atoms with Crippen LogP contribution in [-0.4, -0.2) is 30.6 Å². The van der Waals surface area contributed by atoms with Crippen molar-refractivity contribution >= 4 is 49.2 Å². The van der Waals surface area contributed by atoms with Crippen LogP contribution in [0.1, 0.15) is 25.7 Å². The smallest absolute Gasteiger partial charge is 0.207 e. The van der Waals surface area contributed by atoms with E-state index in [-0.39, 0.29) is 16.0 Å². The first-order valence-electron chi connectivity index (χ1n) is 6.49. The van der Waals surface area contributed by atoms with Crippen molar-refractivity contribution in [3.05, 3.63) is 28.2 Å². The minimum atomic E-state index is -3.48. The minimum Gasteiger partial charge on any atom is -0.207 e. The number of rotatable bonds is 5. The normalized spacial score (nSPS) is 20.4. The third-order valence-corrected chi connectivity index (χ3v) is 6.74. The third-order valence-electron chi connectivity index (χ3n) is 3.49. The third kappa shape index (κ3) is 3.50. The lowest BCUT2D eigenvalue weighted by molar-refractivity contribution is 0.369. The summed E-state index contributed by atoms with van der Waals surface area (Å²) in [6.45, 7) is 0.579. The Balaban J connectivity index is 2.26. The fourth-order valence-corrected chi connectivity index (χ4v) is 4.94. The van der Waals surface area contributed by atoms with Gasteiger partial charge in [0.1, 0.15) is 0 Å². The summed E-state index contributed by atoms with van der Waals surface area (Å²) >= 11 is 15.2. The first-order chi connectivity index (χ1) is 9.46. The molecule has 1 heterocycles. The highest BCUT2D eigenvalue weighted by atomic mass is 79.9. The second-order valence-corrected chi connectivity index (χ2v) is 8.32. The Labute approximate surface area is 138 Å². The van der Waals surface area contributed by atoms with Gasteiger partial charge in [-0.2, -0.15) is 4.31 Å². The van der Waals surface area contributed by atoms with Gasteiger partial charge in [0, 0.05) is 17.9 Å². The number of hydrogen-bond acceptors (Lipinski definition) is 2. The van der Waals surface area contributed by atoms with Gasteiger partial charge >= 0.3 is 0 Å². The van der Waals surface area contributed by atoms with Crippen molar-refractivity contribution in [2.75, 3.05) is 11.9 Å². The molecule has 1 fully saturated rings. The molecule has 7 heteroatoms. The van der Waals surface area contributed by atoms with E-state index >= 15 is 0 Å². The van der Waals surface area contributed by atoms with E-state index in [0.717, 1.165) is 31.0 Å². The maximum absolute atomic E-state index is 12.7. The first kappa shape index (κ1) is 16.6. The van der Waals surface area contributed by atoms with E-state index in [9.17, 15) is 8.42 Å². The highest BCUT2D eigenvalue weighted by molar-refractivity contribution is 9.09. The molecule has 1 aliphatic heterocycles. The molecule has 20 heavy (non-hydrogen) atoms. The number of nitrogens with zero attached hydrogens (tertiary/aromatic N) is 1. The van der Waals surface area contributed by atoms with E-state index in [0.29, 0.717) is 11.6 Å². The van der Waals surface area contributed by atoms with Crippen molar-refractivity contribution in [3.8, 4) is 0 Å². The van der Waals surface area contributed by atoms with Gasteiger partial charge in [0.2, 0.25) is 10.0 Å². The monoisotopic (exact) mass is 399 g/mol. The zero-order valence-electron chi connectivity index (χ0n) is 10.9. The van der Waals surface area contributed by atoms with Crippen LogP contribution in [0.25, 0.3) is 0 Å². The Morgan fingerprint density at radius 2 is 2.05 bits per heavy atom. The van der Waals surface area contributed by atoms with Gasteiger partial charge in [-0.25, -0.2) is 8.42 Å². The number of alkyl halides is 1. The molecule has 0 spiro atoms. The molecule has 3 nitrogen and oxygen atoms in total. The van der Waals surface area contributed by atoms with Crippen LogP contribution >= 0.6 is 39.1 Å². The van der Waals surface area contributed by atoms with Crippen molar-refractivity contribution in [1.29, 1.82) is 0 Å². The Hall–Kier alpha value is 0.190. The lowest BCUT2D eigenvalue weighted by Gasteiger charge is -2.24. The maximum atomic E-state index is 12.7. The molecule has 2 rings (SSSR count). The molecule has 1 aromatic rings. The molecular formula is C13H16BrCl2NO2S. The second-order valence-electron chi connectivity index (χ2n) is 4.82. The van der Waals surface area contributed by atoms with Crippen molar-refractivity contribution in [3.63, 3.8) is 0 Å². The van der Waals surface area contributed by atoms with Crippen LogP contribution in [0.3, 0.4) is 0 Å². The summed E-state index contributed by atoms with van der Waals surface area (Å²) in [6.07, 6.45) is 3.69. The molecule has 0 aliphatic carbocycles. The number of benzene rings is 1. The Bertz CT molecular complexity index is 580. The molecule has 1 aliphatic rings. The lowest BCUT2D eigenvalue weighted by atomic mass is 10.1. The molecule has 0 bridgehead atoms. The summed E-state index contributed by atoms with van der Waals surface area (Å²) in [5, 5.41) is 1.52. The van der Waals surface area contributed by atoms with Gasteiger partial charge in [0.25, 0.3) is 0 Å². The van der Waals surface area contributed by atoms with E-state index in [1.165, 1.54) is 18.2 Å². The molecule has 1 aromatic carbocycles. The molecule has 0 radical (unpaired) electrons. The van der Waals surface area contributed by atoms with Crippen molar-refractivity contribution in [2.24, 2.45) is 0 Å². The highest BCUT2D eigenvalue weighted by Gasteiger charge is 2.34. The van der Waals surface area contributed by atoms with Gasteiger partial charge in [0.05, 0.1) is 14.9 Å². The van der Waals surface area contributed by atoms with Gasteiger partial charge in [-0.1, -0.05) is 39.1 Å². The Kier molecular flexibility index (Phi) is 5.77. The fraction of sp³-hybridized carbons (Fsp3) is 0.538. The van der Waals surface area contributed by atoms with E-state index in [1.807, 2.05) is 0 Å². The molecule has 1 saturated heterocycles. The lowest BCUT2D eigenvalue weighted by Crippen LogP contribution is -2.35. The van der Waals surface area contributed by atoms with Crippen molar-refractivity contribution < 1.29 is 8.42 Å². The van der Waals surface area contributed by atoms with Crippen LogP contribution in [-0.2, 0) is 10.0 Å². The van der Waals surface area contributed by atoms with Crippen molar-refractivity contribution in [1.82, 2.24) is 4.31 Å². The average Bonchev–Trinajstić information content (AvgIpc) is 2.88. The Morgan fingerprint density at radius 3 is 2.70 bits per heavy atom. The molecule has 1 atom stereocenters. The van der Waals surface area contributed by atoms with Gasteiger partial charge in [0.15, 0.2) is 0 Å². The Morgan fingerprint density at radius 1 is 1.30 bits per heavy atom. The van der Waals surface area contributed by atoms with E-state index in [2.05, 4.69) is 15.9 Å². The summed E-state index contributed by atoms with van der Waals surface area (Å²) in [6, 6.07) is 4.56. The van der Waals surface area contributed by atoms with Crippen LogP contribution < -0.4 is 0 Å². The van der Waals surface area contributed by atoms with Gasteiger partial charge in [-0.15, -0.1) is 0 Å². The quantitative estimate of drug-likeness (QED) is 0.690. The largest absolute Gasteiger partial charge is 0.243 e. The van der Waals surface area contributed by atoms with Crippen LogP contribution in [0.2, 0.25) is 10.0 Å². The predicted molar refractivity (Wildman–Crippen MR) is 86.4 cm³/mol. The van der Waals surface area contributed by atoms with Crippen LogP contribution in [0, 0.1) is 0 Å². The van der Waals surface area contributed by atoms with E-state index in [4.69, 9.17) is 23.2 Å². The minimum absolute atomic E-state index is 0.0898. The van der Waals surface area contributed by atoms with Gasteiger partial charge < -0.3 is 0 Å². The first-order valence-corrected chi connectivity index (χ1v) is 9.81. The standard InChI is InChI=1S/C13H16BrCl2NO2S/c14-7-1-3-10-4-2-8-17(10)20(18,19)11-5-6-12(15)13(16)9-11/h5-6,9-10H,1-4,7-8H2. The predicted octanol–water partition coefficient (Wildman–Crippen LogP) is 4.32. The van der Waals surface area contributed by atoms with Crippen LogP contribution in [0.15, 0.2) is 23.1 Å². The van der Waals surface area contributed by atoms with Gasteiger partial charge in [-0.05, 0) is 43.9 Å². The van der Waals surface area contributed by atoms with Crippen LogP contribution in [0.4, 0.5) is 0 Å². The average molecular weight is 401 g/mol. The molecular weight excluding hydrogens is 385 g/mol. The second kappa shape index (κ2) is 6.97. The summed E-state index contributed by atoms with van der Waals surface area (Å²) in [4.78, 5) is 0.220. The molecule has 0 N–H and O–H groups in total. The molecule has 0 amide bonds. The van der Waals surface area contributed by atoms with Crippen LogP contribution in [0.5, 0.6) is 0 Å². The maximum Gasteiger partial charge on any atom is 0.243 e. The fourth-order valence-electron chi connectivity index (χ4n) is 2.50. The molecule has 0 saturated carbocycles. The number of halogens is 3. The van der Waals surface area contributed by atoms with Crippen molar-refractivity contribution in [2.45, 2.75) is 36.6 Å². The van der Waals surface area contributed by atoms with Gasteiger partial charge in [-0.3, -0.25) is 0 Å². The highest BCUT2D eigenvalue weighted by Crippen LogP contribution is 2.31. The number of hydrogen-bond donors (Lipinski definition) is 0. The SMILES string of the molecule is O=S(=O)(c1ccc(Cl)c(Cl)c1)N1CCCC1CCCBr. The van der Waals surface area contributed by atoms with E-state index in [1.54, 1.807) is 4.31 Å². The zero-order chi connectivity index (χ0) is 14.8. The number of sulfonamides is 1. The zero-order valence-corrected chi connectivity index (χ0v) is 14.8. The molecule has 112 valence electrons.